The Morgan fingerprint density at radius 3 is 2.82 bits per heavy atom. The minimum Gasteiger partial charge on any atom is -0.496 e. The first-order chi connectivity index (χ1) is 13.5. The van der Waals surface area contributed by atoms with Gasteiger partial charge in [-0.05, 0) is 45.8 Å². The fourth-order valence-electron chi connectivity index (χ4n) is 3.79. The molecule has 0 saturated carbocycles. The SMILES string of the molecule is CCNC(=NCC(c1ccccc1OC)N(C)C)N1CCCC(CC(N)=O)C1. The van der Waals surface area contributed by atoms with E-state index in [1.807, 2.05) is 18.2 Å². The molecule has 1 fully saturated rings. The van der Waals surface area contributed by atoms with Crippen LogP contribution in [0.4, 0.5) is 0 Å². The lowest BCUT2D eigenvalue weighted by Gasteiger charge is -2.35. The standard InChI is InChI=1S/C21H35N5O2/c1-5-23-21(26-12-8-9-16(15-26)13-20(22)27)24-14-18(25(2)3)17-10-6-7-11-19(17)28-4/h6-7,10-11,16,18H,5,8-9,12-15H2,1-4H3,(H2,22,27)(H,23,24). The first-order valence-corrected chi connectivity index (χ1v) is 10.1. The number of piperidine rings is 1. The maximum atomic E-state index is 11.3. The van der Waals surface area contributed by atoms with E-state index in [1.54, 1.807) is 7.11 Å². The van der Waals surface area contributed by atoms with Crippen LogP contribution in [-0.2, 0) is 4.79 Å². The Kier molecular flexibility index (Phi) is 8.57. The fraction of sp³-hybridized carbons (Fsp3) is 0.619. The molecule has 1 heterocycles. The molecule has 0 bridgehead atoms. The number of nitrogens with one attached hydrogen (secondary N) is 1. The molecule has 0 radical (unpaired) electrons. The fourth-order valence-corrected chi connectivity index (χ4v) is 3.79. The second-order valence-corrected chi connectivity index (χ2v) is 7.54. The molecule has 2 unspecified atom stereocenters. The van der Waals surface area contributed by atoms with Crippen molar-refractivity contribution in [2.24, 2.45) is 16.6 Å². The number of guanidine groups is 1. The Morgan fingerprint density at radius 1 is 1.43 bits per heavy atom. The Labute approximate surface area is 168 Å². The van der Waals surface area contributed by atoms with Crippen molar-refractivity contribution < 1.29 is 9.53 Å². The Hall–Kier alpha value is -2.28. The molecule has 1 aromatic carbocycles. The highest BCUT2D eigenvalue weighted by molar-refractivity contribution is 5.80. The van der Waals surface area contributed by atoms with Crippen LogP contribution < -0.4 is 15.8 Å². The van der Waals surface area contributed by atoms with E-state index in [0.29, 0.717) is 18.9 Å². The molecule has 1 aliphatic heterocycles. The summed E-state index contributed by atoms with van der Waals surface area (Å²) in [5, 5.41) is 3.41. The Bertz CT molecular complexity index is 662. The van der Waals surface area contributed by atoms with Gasteiger partial charge in [-0.15, -0.1) is 0 Å². The van der Waals surface area contributed by atoms with Crippen LogP contribution >= 0.6 is 0 Å². The first kappa shape index (κ1) is 22.0. The molecule has 1 amide bonds. The summed E-state index contributed by atoms with van der Waals surface area (Å²) < 4.78 is 5.55. The molecule has 2 atom stereocenters. The number of hydrogen-bond acceptors (Lipinski definition) is 4. The third-order valence-corrected chi connectivity index (χ3v) is 5.18. The molecule has 1 saturated heterocycles. The minimum absolute atomic E-state index is 0.107. The zero-order valence-corrected chi connectivity index (χ0v) is 17.6. The molecule has 2 rings (SSSR count). The van der Waals surface area contributed by atoms with Crippen molar-refractivity contribution in [1.29, 1.82) is 0 Å². The van der Waals surface area contributed by atoms with E-state index in [-0.39, 0.29) is 11.9 Å². The summed E-state index contributed by atoms with van der Waals surface area (Å²) >= 11 is 0. The number of rotatable bonds is 8. The normalized spacial score (nSPS) is 18.8. The highest BCUT2D eigenvalue weighted by Crippen LogP contribution is 2.28. The number of hydrogen-bond donors (Lipinski definition) is 2. The Balaban J connectivity index is 2.18. The molecular formula is C21H35N5O2. The number of likely N-dealkylation sites (tertiary alicyclic amines) is 1. The second-order valence-electron chi connectivity index (χ2n) is 7.54. The minimum atomic E-state index is -0.224. The predicted molar refractivity (Wildman–Crippen MR) is 114 cm³/mol. The van der Waals surface area contributed by atoms with Crippen LogP contribution in [0, 0.1) is 5.92 Å². The van der Waals surface area contributed by atoms with Gasteiger partial charge in [-0.2, -0.15) is 0 Å². The van der Waals surface area contributed by atoms with Gasteiger partial charge in [-0.3, -0.25) is 9.79 Å². The van der Waals surface area contributed by atoms with E-state index in [9.17, 15) is 4.79 Å². The van der Waals surface area contributed by atoms with Crippen LogP contribution in [0.2, 0.25) is 0 Å². The van der Waals surface area contributed by atoms with Gasteiger partial charge in [0, 0.05) is 31.6 Å². The van der Waals surface area contributed by atoms with Crippen molar-refractivity contribution in [3.05, 3.63) is 29.8 Å². The summed E-state index contributed by atoms with van der Waals surface area (Å²) in [5.74, 6) is 1.85. The first-order valence-electron chi connectivity index (χ1n) is 10.1. The number of carbonyl (C=O) groups excluding carboxylic acids is 1. The van der Waals surface area contributed by atoms with Crippen molar-refractivity contribution in [2.75, 3.05) is 47.4 Å². The van der Waals surface area contributed by atoms with Crippen molar-refractivity contribution >= 4 is 11.9 Å². The lowest BCUT2D eigenvalue weighted by molar-refractivity contribution is -0.119. The zero-order valence-electron chi connectivity index (χ0n) is 17.6. The van der Waals surface area contributed by atoms with E-state index in [0.717, 1.165) is 49.7 Å². The molecule has 3 N–H and O–H groups in total. The number of nitrogens with two attached hydrogens (primary N) is 1. The van der Waals surface area contributed by atoms with Gasteiger partial charge < -0.3 is 25.6 Å². The molecular weight excluding hydrogens is 354 g/mol. The van der Waals surface area contributed by atoms with Gasteiger partial charge in [0.05, 0.1) is 19.7 Å². The monoisotopic (exact) mass is 389 g/mol. The number of para-hydroxylation sites is 1. The molecule has 7 nitrogen and oxygen atoms in total. The zero-order chi connectivity index (χ0) is 20.5. The van der Waals surface area contributed by atoms with Crippen LogP contribution in [0.1, 0.15) is 37.8 Å². The number of carbonyl (C=O) groups is 1. The van der Waals surface area contributed by atoms with Gasteiger partial charge in [-0.1, -0.05) is 18.2 Å². The molecule has 1 aromatic rings. The lowest BCUT2D eigenvalue weighted by atomic mass is 9.95. The molecule has 1 aliphatic rings. The highest BCUT2D eigenvalue weighted by Gasteiger charge is 2.24. The largest absolute Gasteiger partial charge is 0.496 e. The maximum Gasteiger partial charge on any atom is 0.217 e. The summed E-state index contributed by atoms with van der Waals surface area (Å²) in [5.41, 5.74) is 6.53. The van der Waals surface area contributed by atoms with Crippen LogP contribution in [0.5, 0.6) is 5.75 Å². The molecule has 0 aliphatic carbocycles. The summed E-state index contributed by atoms with van der Waals surface area (Å²) in [6, 6.07) is 8.20. The quantitative estimate of drug-likeness (QED) is 0.524. The average molecular weight is 390 g/mol. The van der Waals surface area contributed by atoms with Crippen molar-refractivity contribution in [2.45, 2.75) is 32.2 Å². The van der Waals surface area contributed by atoms with E-state index < -0.39 is 0 Å². The lowest BCUT2D eigenvalue weighted by Crippen LogP contribution is -2.47. The third kappa shape index (κ3) is 6.12. The van der Waals surface area contributed by atoms with Gasteiger partial charge in [0.2, 0.25) is 5.91 Å². The van der Waals surface area contributed by atoms with Crippen molar-refractivity contribution in [3.8, 4) is 5.75 Å². The van der Waals surface area contributed by atoms with Gasteiger partial charge in [0.1, 0.15) is 5.75 Å². The summed E-state index contributed by atoms with van der Waals surface area (Å²) in [4.78, 5) is 20.7. The Morgan fingerprint density at radius 2 is 2.18 bits per heavy atom. The van der Waals surface area contributed by atoms with Gasteiger partial charge in [-0.25, -0.2) is 0 Å². The van der Waals surface area contributed by atoms with E-state index >= 15 is 0 Å². The van der Waals surface area contributed by atoms with Crippen LogP contribution in [0.3, 0.4) is 0 Å². The van der Waals surface area contributed by atoms with E-state index in [2.05, 4.69) is 42.2 Å². The summed E-state index contributed by atoms with van der Waals surface area (Å²) in [7, 11) is 5.82. The highest BCUT2D eigenvalue weighted by atomic mass is 16.5. The van der Waals surface area contributed by atoms with Gasteiger partial charge >= 0.3 is 0 Å². The number of nitrogens with zero attached hydrogens (tertiary/aromatic N) is 3. The molecule has 7 heteroatoms. The van der Waals surface area contributed by atoms with Crippen LogP contribution in [-0.4, -0.2) is 69.1 Å². The topological polar surface area (TPSA) is 83.2 Å². The number of aliphatic imine (C=N–C) groups is 1. The van der Waals surface area contributed by atoms with Crippen molar-refractivity contribution in [3.63, 3.8) is 0 Å². The third-order valence-electron chi connectivity index (χ3n) is 5.18. The van der Waals surface area contributed by atoms with Crippen LogP contribution in [0.15, 0.2) is 29.3 Å². The molecule has 0 spiro atoms. The van der Waals surface area contributed by atoms with E-state index in [4.69, 9.17) is 15.5 Å². The number of ether oxygens (including phenoxy) is 1. The summed E-state index contributed by atoms with van der Waals surface area (Å²) in [6.07, 6.45) is 2.53. The van der Waals surface area contributed by atoms with Gasteiger partial charge in [0.25, 0.3) is 0 Å². The molecule has 156 valence electrons. The average Bonchev–Trinajstić information content (AvgIpc) is 2.67. The number of primary amides is 1. The molecule has 0 aromatic heterocycles. The molecule has 28 heavy (non-hydrogen) atoms. The predicted octanol–water partition coefficient (Wildman–Crippen LogP) is 1.85. The van der Waals surface area contributed by atoms with E-state index in [1.165, 1.54) is 0 Å². The van der Waals surface area contributed by atoms with Crippen LogP contribution in [0.25, 0.3) is 0 Å². The smallest absolute Gasteiger partial charge is 0.217 e. The number of amides is 1. The number of benzene rings is 1. The maximum absolute atomic E-state index is 11.3. The van der Waals surface area contributed by atoms with Gasteiger partial charge in [0.15, 0.2) is 5.96 Å². The summed E-state index contributed by atoms with van der Waals surface area (Å²) in [6.45, 7) is 5.26. The number of likely N-dealkylation sites (N-methyl/N-ethyl adjacent to an activating group) is 1. The second kappa shape index (κ2) is 10.9. The number of methoxy groups -OCH3 is 1. The van der Waals surface area contributed by atoms with Crippen molar-refractivity contribution in [1.82, 2.24) is 15.1 Å².